The molecule has 3 aromatic rings. The van der Waals surface area contributed by atoms with Crippen LogP contribution in [0.4, 0.5) is 0 Å². The van der Waals surface area contributed by atoms with Crippen LogP contribution in [0.15, 0.2) is 24.3 Å². The van der Waals surface area contributed by atoms with Crippen LogP contribution in [0, 0.1) is 0 Å². The third-order valence-electron chi connectivity index (χ3n) is 8.40. The number of benzene rings is 2. The zero-order valence-corrected chi connectivity index (χ0v) is 23.6. The van der Waals surface area contributed by atoms with E-state index in [0.717, 1.165) is 76.6 Å². The summed E-state index contributed by atoms with van der Waals surface area (Å²) in [5.41, 5.74) is 4.51. The summed E-state index contributed by atoms with van der Waals surface area (Å²) in [7, 11) is 0. The van der Waals surface area contributed by atoms with Gasteiger partial charge < -0.3 is 9.47 Å². The number of carbonyl (C=O) groups is 1. The molecule has 1 aliphatic heterocycles. The van der Waals surface area contributed by atoms with Gasteiger partial charge >= 0.3 is 5.97 Å². The highest BCUT2D eigenvalue weighted by atomic mass is 16.6. The molecule has 1 unspecified atom stereocenters. The van der Waals surface area contributed by atoms with Crippen LogP contribution in [-0.2, 0) is 28.8 Å². The summed E-state index contributed by atoms with van der Waals surface area (Å²) in [4.78, 5) is 23.2. The molecule has 2 aliphatic rings. The highest BCUT2D eigenvalue weighted by molar-refractivity contribution is 6.09. The van der Waals surface area contributed by atoms with E-state index >= 15 is 0 Å². The van der Waals surface area contributed by atoms with Crippen molar-refractivity contribution in [2.75, 3.05) is 0 Å². The van der Waals surface area contributed by atoms with Crippen LogP contribution in [0.1, 0.15) is 115 Å². The zero-order chi connectivity index (χ0) is 26.5. The van der Waals surface area contributed by atoms with Gasteiger partial charge in [0, 0.05) is 29.2 Å². The summed E-state index contributed by atoms with van der Waals surface area (Å²) in [5, 5.41) is 2.14. The molecular weight excluding hydrogens is 472 g/mol. The summed E-state index contributed by atoms with van der Waals surface area (Å²) in [6, 6.07) is 8.34. The number of carbonyl (C=O) groups excluding carboxylic acids is 1. The molecule has 5 nitrogen and oxygen atoms in total. The summed E-state index contributed by atoms with van der Waals surface area (Å²) in [6.45, 7) is 6.32. The van der Waals surface area contributed by atoms with E-state index in [1.807, 2.05) is 19.9 Å². The van der Waals surface area contributed by atoms with E-state index in [-0.39, 0.29) is 12.1 Å². The zero-order valence-electron chi connectivity index (χ0n) is 23.6. The third kappa shape index (κ3) is 5.82. The molecule has 0 N–H and O–H groups in total. The van der Waals surface area contributed by atoms with E-state index in [9.17, 15) is 4.79 Å². The summed E-state index contributed by atoms with van der Waals surface area (Å²) in [6.07, 6.45) is 16.1. The number of hydrogen-bond acceptors (Lipinski definition) is 5. The summed E-state index contributed by atoms with van der Waals surface area (Å²) >= 11 is 0. The van der Waals surface area contributed by atoms with Crippen molar-refractivity contribution in [3.8, 4) is 5.75 Å². The normalized spacial score (nSPS) is 18.1. The number of hydrogen-bond donors (Lipinski definition) is 0. The van der Waals surface area contributed by atoms with Crippen molar-refractivity contribution in [3.63, 3.8) is 0 Å². The van der Waals surface area contributed by atoms with Crippen molar-refractivity contribution in [1.29, 1.82) is 0 Å². The van der Waals surface area contributed by atoms with E-state index in [0.29, 0.717) is 12.8 Å². The first-order valence-electron chi connectivity index (χ1n) is 15.1. The first-order chi connectivity index (χ1) is 18.5. The molecule has 0 radical (unpaired) electrons. The predicted molar refractivity (Wildman–Crippen MR) is 154 cm³/mol. The van der Waals surface area contributed by atoms with Gasteiger partial charge in [-0.25, -0.2) is 9.97 Å². The Kier molecular flexibility index (Phi) is 8.50. The second-order valence-electron chi connectivity index (χ2n) is 11.8. The molecule has 1 aliphatic carbocycles. The average Bonchev–Trinajstić information content (AvgIpc) is 2.92. The number of ether oxygens (including phenoxy) is 2. The van der Waals surface area contributed by atoms with E-state index in [1.54, 1.807) is 0 Å². The van der Waals surface area contributed by atoms with E-state index in [2.05, 4.69) is 25.1 Å². The molecule has 5 rings (SSSR count). The van der Waals surface area contributed by atoms with E-state index in [4.69, 9.17) is 19.4 Å². The lowest BCUT2D eigenvalue weighted by Crippen LogP contribution is -2.49. The maximum absolute atomic E-state index is 12.9. The highest BCUT2D eigenvalue weighted by Gasteiger charge is 2.42. The molecule has 0 saturated carbocycles. The van der Waals surface area contributed by atoms with Gasteiger partial charge in [0.1, 0.15) is 17.5 Å². The van der Waals surface area contributed by atoms with Gasteiger partial charge in [-0.05, 0) is 46.0 Å². The Bertz CT molecular complexity index is 1280. The van der Waals surface area contributed by atoms with Crippen LogP contribution >= 0.6 is 0 Å². The summed E-state index contributed by atoms with van der Waals surface area (Å²) in [5.74, 6) is 0.751. The van der Waals surface area contributed by atoms with Gasteiger partial charge in [0.25, 0.3) is 0 Å². The van der Waals surface area contributed by atoms with Crippen LogP contribution in [0.5, 0.6) is 5.75 Å². The maximum atomic E-state index is 12.9. The predicted octanol–water partition coefficient (Wildman–Crippen LogP) is 8.21. The number of fused-ring (bicyclic) bond motifs is 7. The van der Waals surface area contributed by atoms with Gasteiger partial charge in [-0.1, -0.05) is 82.6 Å². The fraction of sp³-hybridized carbons (Fsp3) is 0.606. The molecule has 204 valence electrons. The lowest BCUT2D eigenvalue weighted by Gasteiger charge is -2.40. The molecule has 0 saturated heterocycles. The molecule has 5 heteroatoms. The number of unbranched alkanes of at least 4 members (excludes halogenated alkanes) is 8. The van der Waals surface area contributed by atoms with Crippen molar-refractivity contribution in [2.45, 2.75) is 129 Å². The quantitative estimate of drug-likeness (QED) is 0.146. The largest absolute Gasteiger partial charge is 0.483 e. The topological polar surface area (TPSA) is 61.3 Å². The Morgan fingerprint density at radius 1 is 0.895 bits per heavy atom. The van der Waals surface area contributed by atoms with Crippen LogP contribution in [-0.4, -0.2) is 27.6 Å². The molecule has 0 spiro atoms. The van der Waals surface area contributed by atoms with Gasteiger partial charge in [-0.2, -0.15) is 0 Å². The second-order valence-corrected chi connectivity index (χ2v) is 11.8. The Hall–Kier alpha value is -2.69. The molecule has 38 heavy (non-hydrogen) atoms. The Balaban J connectivity index is 1.30. The minimum absolute atomic E-state index is 0.119. The van der Waals surface area contributed by atoms with Gasteiger partial charge in [0.15, 0.2) is 0 Å². The third-order valence-corrected chi connectivity index (χ3v) is 8.40. The Morgan fingerprint density at radius 3 is 2.18 bits per heavy atom. The highest BCUT2D eigenvalue weighted by Crippen LogP contribution is 2.44. The lowest BCUT2D eigenvalue weighted by molar-refractivity contribution is -0.161. The maximum Gasteiger partial charge on any atom is 0.306 e. The fourth-order valence-electron chi connectivity index (χ4n) is 6.09. The number of esters is 1. The Morgan fingerprint density at radius 2 is 1.50 bits per heavy atom. The first-order valence-corrected chi connectivity index (χ1v) is 15.1. The van der Waals surface area contributed by atoms with Crippen LogP contribution in [0.25, 0.3) is 21.8 Å². The monoisotopic (exact) mass is 516 g/mol. The van der Waals surface area contributed by atoms with Crippen molar-refractivity contribution in [2.24, 2.45) is 0 Å². The smallest absolute Gasteiger partial charge is 0.306 e. The van der Waals surface area contributed by atoms with E-state index in [1.165, 1.54) is 51.4 Å². The molecule has 1 atom stereocenters. The number of aromatic nitrogens is 2. The Labute approximate surface area is 227 Å². The number of rotatable bonds is 11. The molecule has 2 aromatic carbocycles. The summed E-state index contributed by atoms with van der Waals surface area (Å²) < 4.78 is 12.7. The average molecular weight is 517 g/mol. The van der Waals surface area contributed by atoms with E-state index < -0.39 is 5.60 Å². The van der Waals surface area contributed by atoms with Gasteiger partial charge in [0.2, 0.25) is 0 Å². The number of nitrogens with zero attached hydrogens (tertiary/aromatic N) is 2. The van der Waals surface area contributed by atoms with Gasteiger partial charge in [0.05, 0.1) is 22.4 Å². The minimum Gasteiger partial charge on any atom is -0.483 e. The fourth-order valence-corrected chi connectivity index (χ4v) is 6.09. The molecule has 1 aromatic heterocycles. The van der Waals surface area contributed by atoms with Crippen molar-refractivity contribution >= 4 is 27.8 Å². The van der Waals surface area contributed by atoms with Crippen LogP contribution in [0.2, 0.25) is 0 Å². The van der Waals surface area contributed by atoms with Crippen LogP contribution < -0.4 is 4.74 Å². The second kappa shape index (κ2) is 12.0. The first kappa shape index (κ1) is 26.9. The molecular formula is C33H44N2O3. The van der Waals surface area contributed by atoms with Crippen LogP contribution in [0.3, 0.4) is 0 Å². The van der Waals surface area contributed by atoms with Crippen molar-refractivity contribution in [1.82, 2.24) is 9.97 Å². The van der Waals surface area contributed by atoms with Gasteiger partial charge in [-0.3, -0.25) is 4.79 Å². The molecule has 2 heterocycles. The lowest BCUT2D eigenvalue weighted by atomic mass is 9.87. The minimum atomic E-state index is -0.626. The van der Waals surface area contributed by atoms with Crippen molar-refractivity contribution in [3.05, 3.63) is 41.2 Å². The van der Waals surface area contributed by atoms with Gasteiger partial charge in [-0.15, -0.1) is 0 Å². The number of aryl methyl sites for hydroxylation is 2. The molecule has 0 fully saturated rings. The molecule has 0 bridgehead atoms. The standard InChI is InChI=1S/C33H44N2O3/c1-4-5-6-7-8-9-10-11-12-21-29(36)37-28-22-25-31-30(34-26-19-15-16-20-27(26)35-31)23-17-13-14-18-24(23)32(25)38-33(28,2)3/h13-14,17-18,28H,4-12,15-16,19-22H2,1-3H3. The van der Waals surface area contributed by atoms with Crippen molar-refractivity contribution < 1.29 is 14.3 Å². The SMILES string of the molecule is CCCCCCCCCCCC(=O)OC1Cc2c(c3ccccc3c3nc4c(nc23)CCCC4)OC1(C)C. The molecule has 0 amide bonds.